The molecule has 1 rings (SSSR count). The topological polar surface area (TPSA) is 55.4 Å². The van der Waals surface area contributed by atoms with E-state index in [2.05, 4.69) is 5.32 Å². The third-order valence-corrected chi connectivity index (χ3v) is 3.27. The molecule has 15 heavy (non-hydrogen) atoms. The van der Waals surface area contributed by atoms with Gasteiger partial charge in [0.05, 0.1) is 18.6 Å². The van der Waals surface area contributed by atoms with Gasteiger partial charge in [0.15, 0.2) is 0 Å². The van der Waals surface area contributed by atoms with Gasteiger partial charge in [0.25, 0.3) is 0 Å². The van der Waals surface area contributed by atoms with Crippen LogP contribution in [0.2, 0.25) is 0 Å². The van der Waals surface area contributed by atoms with E-state index in [4.69, 9.17) is 4.74 Å². The summed E-state index contributed by atoms with van der Waals surface area (Å²) < 4.78 is 27.7. The summed E-state index contributed by atoms with van der Waals surface area (Å²) in [6.45, 7) is 3.47. The molecule has 0 spiro atoms. The normalized spacial score (nSPS) is 19.2. The Kier molecular flexibility index (Phi) is 4.60. The van der Waals surface area contributed by atoms with E-state index in [0.717, 1.165) is 31.6 Å². The first-order valence-electron chi connectivity index (χ1n) is 5.24. The Morgan fingerprint density at radius 1 is 1.60 bits per heavy atom. The molecule has 88 valence electrons. The van der Waals surface area contributed by atoms with Gasteiger partial charge in [0.1, 0.15) is 9.84 Å². The standard InChI is InChI=1S/C10H19NO3S/c1-3-11-10(8-15(2,12)13)9-5-4-6-14-7-9/h7,10-11H,3-6,8H2,1-2H3. The second-order valence-electron chi connectivity index (χ2n) is 3.87. The van der Waals surface area contributed by atoms with Crippen molar-refractivity contribution in [1.82, 2.24) is 5.32 Å². The van der Waals surface area contributed by atoms with E-state index in [1.165, 1.54) is 6.26 Å². The minimum absolute atomic E-state index is 0.0923. The maximum Gasteiger partial charge on any atom is 0.149 e. The van der Waals surface area contributed by atoms with Crippen molar-refractivity contribution < 1.29 is 13.2 Å². The predicted octanol–water partition coefficient (Wildman–Crippen LogP) is 0.703. The molecule has 0 aromatic carbocycles. The number of nitrogens with one attached hydrogen (secondary N) is 1. The van der Waals surface area contributed by atoms with Gasteiger partial charge in [-0.2, -0.15) is 0 Å². The highest BCUT2D eigenvalue weighted by atomic mass is 32.2. The summed E-state index contributed by atoms with van der Waals surface area (Å²) in [7, 11) is -2.95. The lowest BCUT2D eigenvalue weighted by Gasteiger charge is -2.23. The minimum atomic E-state index is -2.95. The van der Waals surface area contributed by atoms with Gasteiger partial charge >= 0.3 is 0 Å². The Morgan fingerprint density at radius 3 is 2.80 bits per heavy atom. The quantitative estimate of drug-likeness (QED) is 0.759. The molecule has 0 amide bonds. The van der Waals surface area contributed by atoms with Crippen LogP contribution in [0.15, 0.2) is 11.8 Å². The van der Waals surface area contributed by atoms with Gasteiger partial charge in [-0.25, -0.2) is 8.42 Å². The Morgan fingerprint density at radius 2 is 2.33 bits per heavy atom. The summed E-state index contributed by atoms with van der Waals surface area (Å²) in [5.74, 6) is 0.149. The largest absolute Gasteiger partial charge is 0.501 e. The highest BCUT2D eigenvalue weighted by molar-refractivity contribution is 7.90. The number of ether oxygens (including phenoxy) is 1. The maximum absolute atomic E-state index is 11.3. The zero-order valence-electron chi connectivity index (χ0n) is 9.32. The summed E-state index contributed by atoms with van der Waals surface area (Å²) in [6.07, 6.45) is 4.87. The summed E-state index contributed by atoms with van der Waals surface area (Å²) in [4.78, 5) is 0. The van der Waals surface area contributed by atoms with Gasteiger partial charge in [-0.1, -0.05) is 6.92 Å². The molecular formula is C10H19NO3S. The molecule has 0 aromatic heterocycles. The van der Waals surface area contributed by atoms with Crippen molar-refractivity contribution >= 4 is 9.84 Å². The van der Waals surface area contributed by atoms with Gasteiger partial charge in [-0.3, -0.25) is 0 Å². The van der Waals surface area contributed by atoms with Crippen LogP contribution < -0.4 is 5.32 Å². The monoisotopic (exact) mass is 233 g/mol. The molecule has 0 fully saturated rings. The van der Waals surface area contributed by atoms with Crippen LogP contribution in [-0.4, -0.2) is 39.6 Å². The number of likely N-dealkylation sites (N-methyl/N-ethyl adjacent to an activating group) is 1. The van der Waals surface area contributed by atoms with E-state index in [1.807, 2.05) is 6.92 Å². The fourth-order valence-corrected chi connectivity index (χ4v) is 2.62. The summed E-state index contributed by atoms with van der Waals surface area (Å²) in [5.41, 5.74) is 1.06. The van der Waals surface area contributed by atoms with E-state index < -0.39 is 9.84 Å². The second kappa shape index (κ2) is 5.51. The molecule has 1 N–H and O–H groups in total. The van der Waals surface area contributed by atoms with E-state index in [9.17, 15) is 8.42 Å². The molecule has 0 saturated heterocycles. The molecule has 4 nitrogen and oxygen atoms in total. The average Bonchev–Trinajstić information content (AvgIpc) is 2.17. The molecular weight excluding hydrogens is 214 g/mol. The third-order valence-electron chi connectivity index (χ3n) is 2.33. The first-order chi connectivity index (χ1) is 7.03. The first kappa shape index (κ1) is 12.5. The van der Waals surface area contributed by atoms with Crippen molar-refractivity contribution in [2.75, 3.05) is 25.2 Å². The lowest BCUT2D eigenvalue weighted by Crippen LogP contribution is -2.37. The van der Waals surface area contributed by atoms with Gasteiger partial charge < -0.3 is 10.1 Å². The van der Waals surface area contributed by atoms with Crippen molar-refractivity contribution in [3.63, 3.8) is 0 Å². The van der Waals surface area contributed by atoms with Gasteiger partial charge in [0, 0.05) is 12.3 Å². The smallest absolute Gasteiger partial charge is 0.149 e. The SMILES string of the molecule is CCNC(CS(C)(=O)=O)C1=COCCC1. The van der Waals surface area contributed by atoms with Crippen LogP contribution in [0.25, 0.3) is 0 Å². The molecule has 0 aromatic rings. The van der Waals surface area contributed by atoms with Gasteiger partial charge in [-0.15, -0.1) is 0 Å². The molecule has 1 aliphatic heterocycles. The highest BCUT2D eigenvalue weighted by Gasteiger charge is 2.20. The first-order valence-corrected chi connectivity index (χ1v) is 7.30. The molecule has 1 atom stereocenters. The number of hydrogen-bond acceptors (Lipinski definition) is 4. The predicted molar refractivity (Wildman–Crippen MR) is 60.4 cm³/mol. The molecule has 0 bridgehead atoms. The van der Waals surface area contributed by atoms with Crippen molar-refractivity contribution in [1.29, 1.82) is 0 Å². The second-order valence-corrected chi connectivity index (χ2v) is 6.05. The van der Waals surface area contributed by atoms with Crippen molar-refractivity contribution in [2.24, 2.45) is 0 Å². The number of sulfone groups is 1. The molecule has 0 aliphatic carbocycles. The van der Waals surface area contributed by atoms with E-state index in [-0.39, 0.29) is 11.8 Å². The fourth-order valence-electron chi connectivity index (χ4n) is 1.69. The molecule has 1 heterocycles. The van der Waals surface area contributed by atoms with Crippen LogP contribution in [0.3, 0.4) is 0 Å². The van der Waals surface area contributed by atoms with Crippen molar-refractivity contribution in [3.8, 4) is 0 Å². The van der Waals surface area contributed by atoms with Crippen LogP contribution in [0.1, 0.15) is 19.8 Å². The lowest BCUT2D eigenvalue weighted by molar-refractivity contribution is 0.220. The zero-order chi connectivity index (χ0) is 11.3. The molecule has 0 saturated carbocycles. The fraction of sp³-hybridized carbons (Fsp3) is 0.800. The van der Waals surface area contributed by atoms with Crippen LogP contribution in [0.5, 0.6) is 0 Å². The summed E-state index contributed by atoms with van der Waals surface area (Å²) >= 11 is 0. The van der Waals surface area contributed by atoms with Gasteiger partial charge in [-0.05, 0) is 25.0 Å². The number of hydrogen-bond donors (Lipinski definition) is 1. The molecule has 5 heteroatoms. The minimum Gasteiger partial charge on any atom is -0.501 e. The zero-order valence-corrected chi connectivity index (χ0v) is 10.1. The Hall–Kier alpha value is -0.550. The van der Waals surface area contributed by atoms with E-state index in [1.54, 1.807) is 6.26 Å². The van der Waals surface area contributed by atoms with Crippen LogP contribution in [0, 0.1) is 0 Å². The van der Waals surface area contributed by atoms with Crippen LogP contribution in [0.4, 0.5) is 0 Å². The van der Waals surface area contributed by atoms with Crippen molar-refractivity contribution in [3.05, 3.63) is 11.8 Å². The van der Waals surface area contributed by atoms with Crippen LogP contribution >= 0.6 is 0 Å². The highest BCUT2D eigenvalue weighted by Crippen LogP contribution is 2.16. The van der Waals surface area contributed by atoms with Crippen LogP contribution in [-0.2, 0) is 14.6 Å². The average molecular weight is 233 g/mol. The Bertz CT molecular complexity index is 322. The maximum atomic E-state index is 11.3. The van der Waals surface area contributed by atoms with Crippen molar-refractivity contribution in [2.45, 2.75) is 25.8 Å². The Balaban J connectivity index is 2.68. The summed E-state index contributed by atoms with van der Waals surface area (Å²) in [6, 6.07) is -0.0923. The van der Waals surface area contributed by atoms with E-state index >= 15 is 0 Å². The molecule has 1 aliphatic rings. The Labute approximate surface area is 91.6 Å². The lowest BCUT2D eigenvalue weighted by atomic mass is 10.0. The third kappa shape index (κ3) is 4.66. The number of rotatable bonds is 5. The van der Waals surface area contributed by atoms with E-state index in [0.29, 0.717) is 0 Å². The summed E-state index contributed by atoms with van der Waals surface area (Å²) in [5, 5.41) is 3.18. The molecule has 0 radical (unpaired) electrons. The molecule has 1 unspecified atom stereocenters. The van der Waals surface area contributed by atoms with Gasteiger partial charge in [0.2, 0.25) is 0 Å².